The summed E-state index contributed by atoms with van der Waals surface area (Å²) in [5, 5.41) is 0. The molecule has 0 fully saturated rings. The van der Waals surface area contributed by atoms with Crippen molar-refractivity contribution in [1.29, 1.82) is 0 Å². The number of hydrogen-bond donors (Lipinski definition) is 0. The summed E-state index contributed by atoms with van der Waals surface area (Å²) >= 11 is 0. The molecule has 0 aromatic rings. The molecule has 0 saturated heterocycles. The van der Waals surface area contributed by atoms with E-state index in [2.05, 4.69) is 32.4 Å². The topological polar surface area (TPSA) is 0 Å². The molecular weight excluding hydrogens is 120 g/mol. The van der Waals surface area contributed by atoms with Crippen molar-refractivity contribution in [3.63, 3.8) is 0 Å². The van der Waals surface area contributed by atoms with Crippen LogP contribution in [0, 0.1) is 6.42 Å². The SMILES string of the molecule is C[CH]CCCCCC=CC. The Morgan fingerprint density at radius 1 is 0.900 bits per heavy atom. The predicted octanol–water partition coefficient (Wildman–Crippen LogP) is 3.74. The van der Waals surface area contributed by atoms with Crippen LogP contribution in [0.15, 0.2) is 12.2 Å². The second-order valence-electron chi connectivity index (χ2n) is 2.62. The Balaban J connectivity index is 2.77. The standard InChI is InChI=1S/C10H19/c1-3-5-7-9-10-8-6-4-2/h3-5H,6-10H2,1-2H3. The summed E-state index contributed by atoms with van der Waals surface area (Å²) in [6, 6.07) is 0. The lowest BCUT2D eigenvalue weighted by molar-refractivity contribution is 0.681. The van der Waals surface area contributed by atoms with Crippen LogP contribution < -0.4 is 0 Å². The first-order chi connectivity index (χ1) is 4.91. The minimum Gasteiger partial charge on any atom is -0.0917 e. The molecule has 0 spiro atoms. The lowest BCUT2D eigenvalue weighted by Crippen LogP contribution is -1.75. The van der Waals surface area contributed by atoms with Gasteiger partial charge in [0.15, 0.2) is 0 Å². The Labute approximate surface area is 65.3 Å². The van der Waals surface area contributed by atoms with Gasteiger partial charge in [0, 0.05) is 0 Å². The van der Waals surface area contributed by atoms with Crippen molar-refractivity contribution < 1.29 is 0 Å². The van der Waals surface area contributed by atoms with Gasteiger partial charge in [-0.25, -0.2) is 0 Å². The summed E-state index contributed by atoms with van der Waals surface area (Å²) in [5.74, 6) is 0. The molecule has 0 aliphatic heterocycles. The van der Waals surface area contributed by atoms with E-state index in [0.717, 1.165) is 0 Å². The van der Waals surface area contributed by atoms with Crippen LogP contribution in [-0.4, -0.2) is 0 Å². The Morgan fingerprint density at radius 2 is 1.60 bits per heavy atom. The van der Waals surface area contributed by atoms with Crippen LogP contribution in [0.2, 0.25) is 0 Å². The van der Waals surface area contributed by atoms with E-state index in [9.17, 15) is 0 Å². The molecular formula is C10H19. The van der Waals surface area contributed by atoms with Gasteiger partial charge in [0.05, 0.1) is 0 Å². The zero-order chi connectivity index (χ0) is 7.66. The molecule has 0 aliphatic rings. The van der Waals surface area contributed by atoms with E-state index in [1.54, 1.807) is 0 Å². The van der Waals surface area contributed by atoms with E-state index in [-0.39, 0.29) is 0 Å². The third-order valence-electron chi connectivity index (χ3n) is 1.60. The summed E-state index contributed by atoms with van der Waals surface area (Å²) < 4.78 is 0. The van der Waals surface area contributed by atoms with Gasteiger partial charge in [-0.05, 0) is 26.2 Å². The van der Waals surface area contributed by atoms with Crippen LogP contribution in [-0.2, 0) is 0 Å². The van der Waals surface area contributed by atoms with Crippen molar-refractivity contribution in [2.75, 3.05) is 0 Å². The summed E-state index contributed by atoms with van der Waals surface area (Å²) in [5.41, 5.74) is 0. The van der Waals surface area contributed by atoms with Gasteiger partial charge in [0.25, 0.3) is 0 Å². The van der Waals surface area contributed by atoms with Gasteiger partial charge in [-0.3, -0.25) is 0 Å². The normalized spacial score (nSPS) is 11.0. The van der Waals surface area contributed by atoms with Gasteiger partial charge in [-0.1, -0.05) is 38.3 Å². The van der Waals surface area contributed by atoms with Crippen molar-refractivity contribution in [2.24, 2.45) is 0 Å². The van der Waals surface area contributed by atoms with E-state index in [1.807, 2.05) is 0 Å². The molecule has 59 valence electrons. The number of hydrogen-bond acceptors (Lipinski definition) is 0. The second kappa shape index (κ2) is 8.74. The second-order valence-corrected chi connectivity index (χ2v) is 2.62. The first-order valence-electron chi connectivity index (χ1n) is 4.30. The van der Waals surface area contributed by atoms with E-state index in [4.69, 9.17) is 0 Å². The Bertz CT molecular complexity index is 72.1. The quantitative estimate of drug-likeness (QED) is 0.388. The minimum atomic E-state index is 1.26. The maximum atomic E-state index is 2.25. The average Bonchev–Trinajstić information content (AvgIpc) is 1.97. The zero-order valence-electron chi connectivity index (χ0n) is 7.27. The highest BCUT2D eigenvalue weighted by Crippen LogP contribution is 2.04. The summed E-state index contributed by atoms with van der Waals surface area (Å²) in [7, 11) is 0. The summed E-state index contributed by atoms with van der Waals surface area (Å²) in [4.78, 5) is 0. The van der Waals surface area contributed by atoms with E-state index < -0.39 is 0 Å². The molecule has 1 radical (unpaired) electrons. The molecule has 0 heterocycles. The molecule has 0 rings (SSSR count). The lowest BCUT2D eigenvalue weighted by Gasteiger charge is -1.94. The predicted molar refractivity (Wildman–Crippen MR) is 47.9 cm³/mol. The van der Waals surface area contributed by atoms with Crippen LogP contribution in [0.1, 0.15) is 46.0 Å². The molecule has 0 amide bonds. The van der Waals surface area contributed by atoms with E-state index in [1.165, 1.54) is 32.1 Å². The van der Waals surface area contributed by atoms with Gasteiger partial charge >= 0.3 is 0 Å². The van der Waals surface area contributed by atoms with Gasteiger partial charge in [0.1, 0.15) is 0 Å². The summed E-state index contributed by atoms with van der Waals surface area (Å²) in [6.45, 7) is 4.21. The van der Waals surface area contributed by atoms with Crippen molar-refractivity contribution >= 4 is 0 Å². The van der Waals surface area contributed by atoms with Crippen molar-refractivity contribution in [3.05, 3.63) is 18.6 Å². The van der Waals surface area contributed by atoms with Crippen molar-refractivity contribution in [3.8, 4) is 0 Å². The molecule has 0 aromatic heterocycles. The molecule has 0 aromatic carbocycles. The van der Waals surface area contributed by atoms with Gasteiger partial charge in [-0.15, -0.1) is 0 Å². The van der Waals surface area contributed by atoms with Crippen LogP contribution in [0.5, 0.6) is 0 Å². The number of allylic oxidation sites excluding steroid dienone is 2. The molecule has 0 heteroatoms. The van der Waals surface area contributed by atoms with Crippen LogP contribution in [0.25, 0.3) is 0 Å². The first kappa shape index (κ1) is 9.74. The minimum absolute atomic E-state index is 1.26. The van der Waals surface area contributed by atoms with Crippen LogP contribution in [0.4, 0.5) is 0 Å². The highest BCUT2D eigenvalue weighted by atomic mass is 13.9. The number of unbranched alkanes of at least 4 members (excludes halogenated alkanes) is 5. The first-order valence-corrected chi connectivity index (χ1v) is 4.30. The lowest BCUT2D eigenvalue weighted by atomic mass is 10.1. The molecule has 0 aliphatic carbocycles. The van der Waals surface area contributed by atoms with E-state index in [0.29, 0.717) is 0 Å². The third kappa shape index (κ3) is 7.74. The average molecular weight is 139 g/mol. The Kier molecular flexibility index (Phi) is 8.51. The maximum Gasteiger partial charge on any atom is -0.0351 e. The maximum absolute atomic E-state index is 2.25. The molecule has 0 atom stereocenters. The Hall–Kier alpha value is -0.260. The van der Waals surface area contributed by atoms with Gasteiger partial charge in [0.2, 0.25) is 0 Å². The number of rotatable bonds is 6. The highest BCUT2D eigenvalue weighted by Gasteiger charge is 1.85. The van der Waals surface area contributed by atoms with Crippen LogP contribution in [0.3, 0.4) is 0 Å². The fourth-order valence-electron chi connectivity index (χ4n) is 0.954. The Morgan fingerprint density at radius 3 is 2.20 bits per heavy atom. The highest BCUT2D eigenvalue weighted by molar-refractivity contribution is 4.76. The third-order valence-corrected chi connectivity index (χ3v) is 1.60. The fourth-order valence-corrected chi connectivity index (χ4v) is 0.954. The molecule has 0 N–H and O–H groups in total. The smallest absolute Gasteiger partial charge is 0.0351 e. The van der Waals surface area contributed by atoms with E-state index >= 15 is 0 Å². The summed E-state index contributed by atoms with van der Waals surface area (Å²) in [6.07, 6.45) is 13.3. The van der Waals surface area contributed by atoms with Crippen LogP contribution >= 0.6 is 0 Å². The fraction of sp³-hybridized carbons (Fsp3) is 0.700. The molecule has 0 unspecified atom stereocenters. The zero-order valence-corrected chi connectivity index (χ0v) is 7.27. The van der Waals surface area contributed by atoms with Crippen molar-refractivity contribution in [1.82, 2.24) is 0 Å². The monoisotopic (exact) mass is 139 g/mol. The molecule has 0 saturated carbocycles. The largest absolute Gasteiger partial charge is 0.0917 e. The molecule has 10 heavy (non-hydrogen) atoms. The van der Waals surface area contributed by atoms with Gasteiger partial charge < -0.3 is 0 Å². The van der Waals surface area contributed by atoms with Gasteiger partial charge in [-0.2, -0.15) is 0 Å². The van der Waals surface area contributed by atoms with Crippen molar-refractivity contribution in [2.45, 2.75) is 46.0 Å². The molecule has 0 nitrogen and oxygen atoms in total. The molecule has 0 bridgehead atoms.